The highest BCUT2D eigenvalue weighted by Gasteiger charge is 2.29. The Kier molecular flexibility index (Phi) is 4.74. The van der Waals surface area contributed by atoms with Gasteiger partial charge in [-0.3, -0.25) is 4.79 Å². The van der Waals surface area contributed by atoms with Crippen LogP contribution in [0.25, 0.3) is 0 Å². The molecule has 2 N–H and O–H groups in total. The van der Waals surface area contributed by atoms with E-state index in [0.29, 0.717) is 6.42 Å². The lowest BCUT2D eigenvalue weighted by Crippen LogP contribution is -2.46. The van der Waals surface area contributed by atoms with Crippen molar-refractivity contribution in [3.05, 3.63) is 0 Å². The van der Waals surface area contributed by atoms with E-state index in [2.05, 4.69) is 24.2 Å². The molecule has 0 spiro atoms. The van der Waals surface area contributed by atoms with Gasteiger partial charge in [-0.25, -0.2) is 0 Å². The van der Waals surface area contributed by atoms with Gasteiger partial charge in [-0.1, -0.05) is 13.8 Å². The minimum Gasteiger partial charge on any atom is -0.480 e. The summed E-state index contributed by atoms with van der Waals surface area (Å²) in [6.45, 7) is 7.19. The molecule has 4 nitrogen and oxygen atoms in total. The smallest absolute Gasteiger partial charge is 0.320 e. The van der Waals surface area contributed by atoms with Crippen molar-refractivity contribution in [2.75, 3.05) is 26.7 Å². The van der Waals surface area contributed by atoms with Crippen molar-refractivity contribution in [3.63, 3.8) is 0 Å². The van der Waals surface area contributed by atoms with Crippen LogP contribution in [0.1, 0.15) is 33.1 Å². The first-order valence-corrected chi connectivity index (χ1v) is 6.11. The Morgan fingerprint density at radius 1 is 1.50 bits per heavy atom. The molecular formula is C12H24N2O2. The molecule has 94 valence electrons. The summed E-state index contributed by atoms with van der Waals surface area (Å²) in [7, 11) is 2.14. The Hall–Kier alpha value is -0.610. The zero-order valence-electron chi connectivity index (χ0n) is 10.6. The van der Waals surface area contributed by atoms with Crippen LogP contribution < -0.4 is 5.32 Å². The van der Waals surface area contributed by atoms with Crippen LogP contribution in [0, 0.1) is 5.41 Å². The number of piperidine rings is 1. The first-order valence-electron chi connectivity index (χ1n) is 6.11. The van der Waals surface area contributed by atoms with E-state index in [1.807, 2.05) is 6.92 Å². The third-order valence-corrected chi connectivity index (χ3v) is 3.68. The number of carbonyl (C=O) groups is 1. The normalized spacial score (nSPS) is 22.9. The average molecular weight is 228 g/mol. The molecule has 0 bridgehead atoms. The maximum absolute atomic E-state index is 10.9. The fourth-order valence-electron chi connectivity index (χ4n) is 2.11. The molecule has 0 radical (unpaired) electrons. The second-order valence-electron chi connectivity index (χ2n) is 5.29. The van der Waals surface area contributed by atoms with Gasteiger partial charge in [0.2, 0.25) is 0 Å². The number of hydrogen-bond donors (Lipinski definition) is 2. The number of nitrogens with zero attached hydrogens (tertiary/aromatic N) is 1. The fraction of sp³-hybridized carbons (Fsp3) is 0.917. The highest BCUT2D eigenvalue weighted by molar-refractivity contribution is 5.73. The van der Waals surface area contributed by atoms with Crippen LogP contribution in [-0.4, -0.2) is 48.7 Å². The standard InChI is InChI=1S/C12H24N2O2/c1-4-10(11(15)16)13-9-12(2)5-7-14(3)8-6-12/h10,13H,4-9H2,1-3H3,(H,15,16). The number of carboxylic acids is 1. The third kappa shape index (κ3) is 3.76. The SMILES string of the molecule is CCC(NCC1(C)CCN(C)CC1)C(=O)O. The molecular weight excluding hydrogens is 204 g/mol. The van der Waals surface area contributed by atoms with Crippen molar-refractivity contribution < 1.29 is 9.90 Å². The first kappa shape index (κ1) is 13.5. The lowest BCUT2D eigenvalue weighted by molar-refractivity contribution is -0.139. The van der Waals surface area contributed by atoms with Crippen LogP contribution in [0.3, 0.4) is 0 Å². The van der Waals surface area contributed by atoms with Gasteiger partial charge >= 0.3 is 5.97 Å². The van der Waals surface area contributed by atoms with Crippen molar-refractivity contribution in [2.24, 2.45) is 5.41 Å². The number of likely N-dealkylation sites (tertiary alicyclic amines) is 1. The molecule has 1 aliphatic heterocycles. The zero-order valence-corrected chi connectivity index (χ0v) is 10.6. The van der Waals surface area contributed by atoms with Crippen molar-refractivity contribution in [3.8, 4) is 0 Å². The van der Waals surface area contributed by atoms with Crippen LogP contribution in [0.2, 0.25) is 0 Å². The first-order chi connectivity index (χ1) is 7.47. The molecule has 0 amide bonds. The molecule has 0 aromatic rings. The molecule has 1 unspecified atom stereocenters. The third-order valence-electron chi connectivity index (χ3n) is 3.68. The summed E-state index contributed by atoms with van der Waals surface area (Å²) in [6.07, 6.45) is 2.93. The summed E-state index contributed by atoms with van der Waals surface area (Å²) in [5.74, 6) is -0.737. The zero-order chi connectivity index (χ0) is 12.2. The van der Waals surface area contributed by atoms with Crippen LogP contribution >= 0.6 is 0 Å². The number of rotatable bonds is 5. The van der Waals surface area contributed by atoms with Gasteiger partial charge < -0.3 is 15.3 Å². The van der Waals surface area contributed by atoms with Gasteiger partial charge in [0, 0.05) is 6.54 Å². The van der Waals surface area contributed by atoms with Crippen LogP contribution in [0.5, 0.6) is 0 Å². The van der Waals surface area contributed by atoms with Gasteiger partial charge in [0.15, 0.2) is 0 Å². The maximum atomic E-state index is 10.9. The number of aliphatic carboxylic acids is 1. The van der Waals surface area contributed by atoms with Crippen molar-refractivity contribution in [2.45, 2.75) is 39.2 Å². The molecule has 1 fully saturated rings. The van der Waals surface area contributed by atoms with Gasteiger partial charge in [0.05, 0.1) is 0 Å². The minimum atomic E-state index is -0.737. The lowest BCUT2D eigenvalue weighted by atomic mass is 9.80. The Balaban J connectivity index is 2.38. The summed E-state index contributed by atoms with van der Waals surface area (Å²) in [6, 6.07) is -0.392. The summed E-state index contributed by atoms with van der Waals surface area (Å²) in [5, 5.41) is 12.1. The van der Waals surface area contributed by atoms with Gasteiger partial charge in [0.1, 0.15) is 6.04 Å². The molecule has 0 aromatic carbocycles. The van der Waals surface area contributed by atoms with E-state index in [9.17, 15) is 4.79 Å². The molecule has 1 rings (SSSR count). The molecule has 4 heteroatoms. The van der Waals surface area contributed by atoms with Gasteiger partial charge in [-0.05, 0) is 44.8 Å². The fourth-order valence-corrected chi connectivity index (χ4v) is 2.11. The second-order valence-corrected chi connectivity index (χ2v) is 5.29. The van der Waals surface area contributed by atoms with Gasteiger partial charge in [-0.15, -0.1) is 0 Å². The van der Waals surface area contributed by atoms with Gasteiger partial charge in [-0.2, -0.15) is 0 Å². The molecule has 1 atom stereocenters. The van der Waals surface area contributed by atoms with E-state index in [-0.39, 0.29) is 5.41 Å². The number of carboxylic acid groups (broad SMARTS) is 1. The van der Waals surface area contributed by atoms with E-state index in [4.69, 9.17) is 5.11 Å². The lowest BCUT2D eigenvalue weighted by Gasteiger charge is -2.38. The van der Waals surface area contributed by atoms with E-state index >= 15 is 0 Å². The Bertz CT molecular complexity index is 235. The predicted octanol–water partition coefficient (Wildman–Crippen LogP) is 1.17. The van der Waals surface area contributed by atoms with E-state index < -0.39 is 12.0 Å². The van der Waals surface area contributed by atoms with E-state index in [1.54, 1.807) is 0 Å². The minimum absolute atomic E-state index is 0.259. The molecule has 0 aromatic heterocycles. The topological polar surface area (TPSA) is 52.6 Å². The maximum Gasteiger partial charge on any atom is 0.320 e. The molecule has 1 saturated heterocycles. The Labute approximate surface area is 98.0 Å². The molecule has 0 aliphatic carbocycles. The quantitative estimate of drug-likeness (QED) is 0.741. The molecule has 0 saturated carbocycles. The van der Waals surface area contributed by atoms with Crippen molar-refractivity contribution in [1.29, 1.82) is 0 Å². The van der Waals surface area contributed by atoms with Crippen molar-refractivity contribution >= 4 is 5.97 Å². The Morgan fingerprint density at radius 2 is 2.06 bits per heavy atom. The van der Waals surface area contributed by atoms with E-state index in [0.717, 1.165) is 32.5 Å². The van der Waals surface area contributed by atoms with Crippen molar-refractivity contribution in [1.82, 2.24) is 10.2 Å². The van der Waals surface area contributed by atoms with E-state index in [1.165, 1.54) is 0 Å². The molecule has 1 aliphatic rings. The summed E-state index contributed by atoms with van der Waals surface area (Å²) in [4.78, 5) is 13.2. The van der Waals surface area contributed by atoms with Gasteiger partial charge in [0.25, 0.3) is 0 Å². The number of nitrogens with one attached hydrogen (secondary N) is 1. The van der Waals surface area contributed by atoms with Crippen LogP contribution in [0.4, 0.5) is 0 Å². The predicted molar refractivity (Wildman–Crippen MR) is 64.6 cm³/mol. The monoisotopic (exact) mass is 228 g/mol. The summed E-state index contributed by atoms with van der Waals surface area (Å²) in [5.41, 5.74) is 0.259. The highest BCUT2D eigenvalue weighted by atomic mass is 16.4. The largest absolute Gasteiger partial charge is 0.480 e. The summed E-state index contributed by atoms with van der Waals surface area (Å²) >= 11 is 0. The average Bonchev–Trinajstić information content (AvgIpc) is 2.23. The summed E-state index contributed by atoms with van der Waals surface area (Å²) < 4.78 is 0. The number of hydrogen-bond acceptors (Lipinski definition) is 3. The molecule has 16 heavy (non-hydrogen) atoms. The Morgan fingerprint density at radius 3 is 2.50 bits per heavy atom. The van der Waals surface area contributed by atoms with Crippen LogP contribution in [0.15, 0.2) is 0 Å². The highest BCUT2D eigenvalue weighted by Crippen LogP contribution is 2.29. The molecule has 1 heterocycles. The van der Waals surface area contributed by atoms with Crippen LogP contribution in [-0.2, 0) is 4.79 Å². The second kappa shape index (κ2) is 5.64.